The molecule has 21 heavy (non-hydrogen) atoms. The second-order valence-electron chi connectivity index (χ2n) is 5.64. The summed E-state index contributed by atoms with van der Waals surface area (Å²) >= 11 is 1.69. The van der Waals surface area contributed by atoms with Crippen molar-refractivity contribution >= 4 is 17.7 Å². The first kappa shape index (κ1) is 18.1. The highest BCUT2D eigenvalue weighted by molar-refractivity contribution is 7.99. The van der Waals surface area contributed by atoms with Gasteiger partial charge in [0.2, 0.25) is 5.91 Å². The van der Waals surface area contributed by atoms with Gasteiger partial charge in [-0.15, -0.1) is 11.8 Å². The molecule has 0 bridgehead atoms. The number of hydrogen-bond acceptors (Lipinski definition) is 2. The van der Waals surface area contributed by atoms with Gasteiger partial charge in [-0.3, -0.25) is 4.79 Å². The van der Waals surface area contributed by atoms with E-state index in [1.54, 1.807) is 11.8 Å². The maximum absolute atomic E-state index is 11.9. The molecular formula is C18H29NOS. The first-order chi connectivity index (χ1) is 10.2. The largest absolute Gasteiger partial charge is 0.355 e. The lowest BCUT2D eigenvalue weighted by atomic mass is 9.99. The molecule has 3 heteroatoms. The van der Waals surface area contributed by atoms with Crippen LogP contribution in [0.4, 0.5) is 0 Å². The third-order valence-electron chi connectivity index (χ3n) is 3.88. The standard InChI is InChI=1S/C18H29NOS/c1-4-6-10-16(5-2)12-19-18(20)14-21-13-17-11-8-7-9-15(17)3/h7-9,11,16H,4-6,10,12-14H2,1-3H3,(H,19,20)/t16-/m0/s1. The highest BCUT2D eigenvalue weighted by Gasteiger charge is 2.08. The van der Waals surface area contributed by atoms with E-state index in [4.69, 9.17) is 0 Å². The molecule has 0 aliphatic rings. The average Bonchev–Trinajstić information content (AvgIpc) is 2.49. The van der Waals surface area contributed by atoms with Crippen molar-refractivity contribution in [2.75, 3.05) is 12.3 Å². The van der Waals surface area contributed by atoms with Gasteiger partial charge >= 0.3 is 0 Å². The molecule has 0 heterocycles. The van der Waals surface area contributed by atoms with Gasteiger partial charge < -0.3 is 5.32 Å². The highest BCUT2D eigenvalue weighted by atomic mass is 32.2. The molecule has 2 nitrogen and oxygen atoms in total. The SMILES string of the molecule is CCCC[C@H](CC)CNC(=O)CSCc1ccccc1C. The Hall–Kier alpha value is -0.960. The van der Waals surface area contributed by atoms with Crippen LogP contribution in [0.25, 0.3) is 0 Å². The van der Waals surface area contributed by atoms with Crippen LogP contribution in [-0.4, -0.2) is 18.2 Å². The van der Waals surface area contributed by atoms with Crippen LogP contribution >= 0.6 is 11.8 Å². The summed E-state index contributed by atoms with van der Waals surface area (Å²) in [6.45, 7) is 7.38. The van der Waals surface area contributed by atoms with Gasteiger partial charge in [0.1, 0.15) is 0 Å². The fourth-order valence-electron chi connectivity index (χ4n) is 2.28. The van der Waals surface area contributed by atoms with E-state index in [9.17, 15) is 4.79 Å². The van der Waals surface area contributed by atoms with Crippen molar-refractivity contribution in [3.63, 3.8) is 0 Å². The molecule has 1 amide bonds. The van der Waals surface area contributed by atoms with Crippen LogP contribution in [-0.2, 0) is 10.5 Å². The Morgan fingerprint density at radius 1 is 1.29 bits per heavy atom. The molecule has 0 aromatic heterocycles. The van der Waals surface area contributed by atoms with Crippen LogP contribution in [0.3, 0.4) is 0 Å². The van der Waals surface area contributed by atoms with E-state index in [-0.39, 0.29) is 5.91 Å². The fraction of sp³-hybridized carbons (Fsp3) is 0.611. The second kappa shape index (κ2) is 10.7. The van der Waals surface area contributed by atoms with E-state index in [1.807, 2.05) is 0 Å². The summed E-state index contributed by atoms with van der Waals surface area (Å²) in [4.78, 5) is 11.9. The normalized spacial score (nSPS) is 12.1. The molecule has 0 aliphatic carbocycles. The van der Waals surface area contributed by atoms with Gasteiger partial charge in [0, 0.05) is 12.3 Å². The second-order valence-corrected chi connectivity index (χ2v) is 6.63. The molecule has 1 rings (SSSR count). The fourth-order valence-corrected chi connectivity index (χ4v) is 3.21. The number of benzene rings is 1. The van der Waals surface area contributed by atoms with Crippen molar-refractivity contribution in [3.8, 4) is 0 Å². The lowest BCUT2D eigenvalue weighted by Gasteiger charge is -2.15. The van der Waals surface area contributed by atoms with E-state index >= 15 is 0 Å². The van der Waals surface area contributed by atoms with Gasteiger partial charge in [-0.2, -0.15) is 0 Å². The van der Waals surface area contributed by atoms with Crippen molar-refractivity contribution < 1.29 is 4.79 Å². The molecular weight excluding hydrogens is 278 g/mol. The number of aryl methyl sites for hydroxylation is 1. The smallest absolute Gasteiger partial charge is 0.230 e. The van der Waals surface area contributed by atoms with E-state index in [1.165, 1.54) is 30.4 Å². The molecule has 1 aromatic rings. The number of thioether (sulfide) groups is 1. The zero-order valence-electron chi connectivity index (χ0n) is 13.7. The van der Waals surface area contributed by atoms with Crippen molar-refractivity contribution in [2.45, 2.75) is 52.2 Å². The Kier molecular flexibility index (Phi) is 9.24. The molecule has 1 atom stereocenters. The van der Waals surface area contributed by atoms with Gasteiger partial charge in [-0.1, -0.05) is 57.4 Å². The predicted octanol–water partition coefficient (Wildman–Crippen LogP) is 4.56. The molecule has 1 aromatic carbocycles. The number of nitrogens with one attached hydrogen (secondary N) is 1. The number of rotatable bonds is 10. The molecule has 0 fully saturated rings. The Morgan fingerprint density at radius 3 is 2.71 bits per heavy atom. The van der Waals surface area contributed by atoms with Crippen LogP contribution in [0, 0.1) is 12.8 Å². The van der Waals surface area contributed by atoms with Crippen molar-refractivity contribution in [3.05, 3.63) is 35.4 Å². The minimum Gasteiger partial charge on any atom is -0.355 e. The topological polar surface area (TPSA) is 29.1 Å². The van der Waals surface area contributed by atoms with Crippen LogP contribution in [0.15, 0.2) is 24.3 Å². The van der Waals surface area contributed by atoms with E-state index in [0.29, 0.717) is 11.7 Å². The van der Waals surface area contributed by atoms with Gasteiger partial charge in [0.15, 0.2) is 0 Å². The minimum atomic E-state index is 0.170. The lowest BCUT2D eigenvalue weighted by Crippen LogP contribution is -2.30. The Morgan fingerprint density at radius 2 is 2.05 bits per heavy atom. The van der Waals surface area contributed by atoms with E-state index in [0.717, 1.165) is 18.7 Å². The molecule has 0 radical (unpaired) electrons. The zero-order chi connectivity index (χ0) is 15.5. The number of carbonyl (C=O) groups is 1. The summed E-state index contributed by atoms with van der Waals surface area (Å²) in [5.74, 6) is 2.27. The third-order valence-corrected chi connectivity index (χ3v) is 4.86. The van der Waals surface area contributed by atoms with E-state index < -0.39 is 0 Å². The van der Waals surface area contributed by atoms with Crippen molar-refractivity contribution in [2.24, 2.45) is 5.92 Å². The Bertz CT molecular complexity index is 419. The van der Waals surface area contributed by atoms with Gasteiger partial charge in [-0.25, -0.2) is 0 Å². The quantitative estimate of drug-likeness (QED) is 0.686. The summed E-state index contributed by atoms with van der Waals surface area (Å²) in [5.41, 5.74) is 2.63. The molecule has 0 aliphatic heterocycles. The molecule has 1 N–H and O–H groups in total. The molecule has 118 valence electrons. The first-order valence-electron chi connectivity index (χ1n) is 8.06. The summed E-state index contributed by atoms with van der Waals surface area (Å²) in [6.07, 6.45) is 4.87. The van der Waals surface area contributed by atoms with E-state index in [2.05, 4.69) is 50.4 Å². The van der Waals surface area contributed by atoms with Gasteiger partial charge in [0.25, 0.3) is 0 Å². The number of hydrogen-bond donors (Lipinski definition) is 1. The molecule has 0 spiro atoms. The first-order valence-corrected chi connectivity index (χ1v) is 9.21. The monoisotopic (exact) mass is 307 g/mol. The van der Waals surface area contributed by atoms with Crippen LogP contribution in [0.1, 0.15) is 50.7 Å². The maximum atomic E-state index is 11.9. The van der Waals surface area contributed by atoms with Gasteiger partial charge in [-0.05, 0) is 30.4 Å². The average molecular weight is 308 g/mol. The summed E-state index contributed by atoms with van der Waals surface area (Å²) in [5, 5.41) is 3.08. The number of carbonyl (C=O) groups excluding carboxylic acids is 1. The van der Waals surface area contributed by atoms with Crippen LogP contribution < -0.4 is 5.32 Å². The Labute approximate surface area is 134 Å². The van der Waals surface area contributed by atoms with Crippen LogP contribution in [0.5, 0.6) is 0 Å². The zero-order valence-corrected chi connectivity index (χ0v) is 14.5. The summed E-state index contributed by atoms with van der Waals surface area (Å²) < 4.78 is 0. The number of amides is 1. The molecule has 0 saturated carbocycles. The summed E-state index contributed by atoms with van der Waals surface area (Å²) in [7, 11) is 0. The lowest BCUT2D eigenvalue weighted by molar-refractivity contribution is -0.118. The maximum Gasteiger partial charge on any atom is 0.230 e. The third kappa shape index (κ3) is 7.56. The molecule has 0 saturated heterocycles. The minimum absolute atomic E-state index is 0.170. The van der Waals surface area contributed by atoms with Crippen molar-refractivity contribution in [1.82, 2.24) is 5.32 Å². The van der Waals surface area contributed by atoms with Crippen molar-refractivity contribution in [1.29, 1.82) is 0 Å². The highest BCUT2D eigenvalue weighted by Crippen LogP contribution is 2.16. The van der Waals surface area contributed by atoms with Gasteiger partial charge in [0.05, 0.1) is 5.75 Å². The van der Waals surface area contributed by atoms with Crippen LogP contribution in [0.2, 0.25) is 0 Å². The molecule has 0 unspecified atom stereocenters. The number of unbranched alkanes of at least 4 members (excludes halogenated alkanes) is 1. The predicted molar refractivity (Wildman–Crippen MR) is 93.7 cm³/mol. The summed E-state index contributed by atoms with van der Waals surface area (Å²) in [6, 6.07) is 8.37. The Balaban J connectivity index is 2.20.